The molecular formula is C13H17F3N2O2. The standard InChI is InChI=1S/C13H17F3N2O2/c1-18(8-2-7-17)12(19)9-20-11-5-3-10(4-6-11)13(14,15)16/h3-6H,2,7-9,17H2,1H3. The molecule has 0 bridgehead atoms. The molecule has 0 atom stereocenters. The minimum absolute atomic E-state index is 0.216. The maximum absolute atomic E-state index is 12.3. The Balaban J connectivity index is 2.48. The summed E-state index contributed by atoms with van der Waals surface area (Å²) in [5.74, 6) is -0.0306. The Morgan fingerprint density at radius 3 is 2.40 bits per heavy atom. The molecule has 0 aliphatic carbocycles. The second-order valence-electron chi connectivity index (χ2n) is 4.27. The van der Waals surface area contributed by atoms with Crippen molar-refractivity contribution in [3.8, 4) is 5.75 Å². The Morgan fingerprint density at radius 1 is 1.30 bits per heavy atom. The number of likely N-dealkylation sites (N-methyl/N-ethyl adjacent to an activating group) is 1. The van der Waals surface area contributed by atoms with E-state index in [1.54, 1.807) is 7.05 Å². The summed E-state index contributed by atoms with van der Waals surface area (Å²) in [5.41, 5.74) is 4.58. The molecule has 4 nitrogen and oxygen atoms in total. The van der Waals surface area contributed by atoms with Gasteiger partial charge in [-0.3, -0.25) is 4.79 Å². The molecule has 0 heterocycles. The highest BCUT2D eigenvalue weighted by Crippen LogP contribution is 2.30. The van der Waals surface area contributed by atoms with E-state index < -0.39 is 11.7 Å². The van der Waals surface area contributed by atoms with Crippen LogP contribution in [0.2, 0.25) is 0 Å². The summed E-state index contributed by atoms with van der Waals surface area (Å²) in [6, 6.07) is 4.21. The Morgan fingerprint density at radius 2 is 1.90 bits per heavy atom. The Hall–Kier alpha value is -1.76. The van der Waals surface area contributed by atoms with Crippen LogP contribution in [-0.4, -0.2) is 37.6 Å². The molecule has 0 saturated carbocycles. The third-order valence-corrected chi connectivity index (χ3v) is 2.67. The van der Waals surface area contributed by atoms with Gasteiger partial charge in [-0.15, -0.1) is 0 Å². The molecule has 0 saturated heterocycles. The topological polar surface area (TPSA) is 55.6 Å². The van der Waals surface area contributed by atoms with Crippen LogP contribution in [0.1, 0.15) is 12.0 Å². The van der Waals surface area contributed by atoms with Crippen LogP contribution in [0.3, 0.4) is 0 Å². The Labute approximate surface area is 115 Å². The number of carbonyl (C=O) groups is 1. The summed E-state index contributed by atoms with van der Waals surface area (Å²) < 4.78 is 42.2. The van der Waals surface area contributed by atoms with Gasteiger partial charge in [0, 0.05) is 13.6 Å². The number of halogens is 3. The van der Waals surface area contributed by atoms with E-state index in [0.29, 0.717) is 19.5 Å². The van der Waals surface area contributed by atoms with Crippen LogP contribution < -0.4 is 10.5 Å². The van der Waals surface area contributed by atoms with E-state index in [9.17, 15) is 18.0 Å². The minimum Gasteiger partial charge on any atom is -0.484 e. The van der Waals surface area contributed by atoms with Gasteiger partial charge < -0.3 is 15.4 Å². The molecule has 0 fully saturated rings. The molecule has 0 spiro atoms. The van der Waals surface area contributed by atoms with E-state index in [2.05, 4.69) is 0 Å². The molecule has 112 valence electrons. The normalized spacial score (nSPS) is 11.2. The fourth-order valence-corrected chi connectivity index (χ4v) is 1.45. The van der Waals surface area contributed by atoms with Crippen LogP contribution in [-0.2, 0) is 11.0 Å². The molecule has 1 rings (SSSR count). The highest BCUT2D eigenvalue weighted by atomic mass is 19.4. The lowest BCUT2D eigenvalue weighted by atomic mass is 10.2. The highest BCUT2D eigenvalue weighted by molar-refractivity contribution is 5.77. The molecular weight excluding hydrogens is 273 g/mol. The van der Waals surface area contributed by atoms with Crippen LogP contribution >= 0.6 is 0 Å². The van der Waals surface area contributed by atoms with Gasteiger partial charge >= 0.3 is 6.18 Å². The van der Waals surface area contributed by atoms with Gasteiger partial charge in [0.1, 0.15) is 5.75 Å². The summed E-state index contributed by atoms with van der Waals surface area (Å²) in [6.07, 6.45) is -3.70. The number of hydrogen-bond donors (Lipinski definition) is 1. The van der Waals surface area contributed by atoms with Crippen molar-refractivity contribution < 1.29 is 22.7 Å². The summed E-state index contributed by atoms with van der Waals surface area (Å²) in [5, 5.41) is 0. The van der Waals surface area contributed by atoms with E-state index in [1.807, 2.05) is 0 Å². The predicted molar refractivity (Wildman–Crippen MR) is 68.2 cm³/mol. The summed E-state index contributed by atoms with van der Waals surface area (Å²) >= 11 is 0. The zero-order valence-electron chi connectivity index (χ0n) is 11.1. The van der Waals surface area contributed by atoms with E-state index in [4.69, 9.17) is 10.5 Å². The van der Waals surface area contributed by atoms with Gasteiger partial charge in [-0.2, -0.15) is 13.2 Å². The van der Waals surface area contributed by atoms with E-state index in [-0.39, 0.29) is 18.3 Å². The number of nitrogens with zero attached hydrogens (tertiary/aromatic N) is 1. The van der Waals surface area contributed by atoms with Crippen LogP contribution in [0, 0.1) is 0 Å². The highest BCUT2D eigenvalue weighted by Gasteiger charge is 2.30. The zero-order valence-corrected chi connectivity index (χ0v) is 11.1. The zero-order chi connectivity index (χ0) is 15.2. The third kappa shape index (κ3) is 5.08. The van der Waals surface area contributed by atoms with Crippen LogP contribution in [0.15, 0.2) is 24.3 Å². The van der Waals surface area contributed by atoms with Crippen LogP contribution in [0.4, 0.5) is 13.2 Å². The van der Waals surface area contributed by atoms with Crippen molar-refractivity contribution in [3.05, 3.63) is 29.8 Å². The third-order valence-electron chi connectivity index (χ3n) is 2.67. The average Bonchev–Trinajstić information content (AvgIpc) is 2.41. The summed E-state index contributed by atoms with van der Waals surface area (Å²) in [7, 11) is 1.62. The molecule has 0 aliphatic rings. The van der Waals surface area contributed by atoms with Gasteiger partial charge in [-0.1, -0.05) is 0 Å². The number of alkyl halides is 3. The Bertz CT molecular complexity index is 432. The lowest BCUT2D eigenvalue weighted by Gasteiger charge is -2.17. The van der Waals surface area contributed by atoms with Crippen molar-refractivity contribution in [3.63, 3.8) is 0 Å². The summed E-state index contributed by atoms with van der Waals surface area (Å²) in [4.78, 5) is 13.1. The van der Waals surface area contributed by atoms with Gasteiger partial charge in [0.15, 0.2) is 6.61 Å². The number of ether oxygens (including phenoxy) is 1. The molecule has 0 aromatic heterocycles. The number of nitrogens with two attached hydrogens (primary N) is 1. The van der Waals surface area contributed by atoms with E-state index >= 15 is 0 Å². The fraction of sp³-hybridized carbons (Fsp3) is 0.462. The molecule has 1 aromatic rings. The molecule has 7 heteroatoms. The first-order valence-electron chi connectivity index (χ1n) is 6.08. The maximum Gasteiger partial charge on any atom is 0.416 e. The quantitative estimate of drug-likeness (QED) is 0.870. The molecule has 1 amide bonds. The lowest BCUT2D eigenvalue weighted by molar-refractivity contribution is -0.137. The van der Waals surface area contributed by atoms with Crippen molar-refractivity contribution in [2.45, 2.75) is 12.6 Å². The summed E-state index contributed by atoms with van der Waals surface area (Å²) in [6.45, 7) is 0.787. The SMILES string of the molecule is CN(CCCN)C(=O)COc1ccc(C(F)(F)F)cc1. The molecule has 1 aromatic carbocycles. The number of hydrogen-bond acceptors (Lipinski definition) is 3. The van der Waals surface area contributed by atoms with Crippen molar-refractivity contribution in [1.29, 1.82) is 0 Å². The number of amides is 1. The molecule has 0 unspecified atom stereocenters. The van der Waals surface area contributed by atoms with Crippen molar-refractivity contribution in [2.75, 3.05) is 26.7 Å². The minimum atomic E-state index is -4.38. The number of rotatable bonds is 6. The molecule has 0 radical (unpaired) electrons. The van der Waals surface area contributed by atoms with E-state index in [0.717, 1.165) is 12.1 Å². The number of carbonyl (C=O) groups excluding carboxylic acids is 1. The average molecular weight is 290 g/mol. The maximum atomic E-state index is 12.3. The monoisotopic (exact) mass is 290 g/mol. The van der Waals surface area contributed by atoms with Crippen molar-refractivity contribution in [1.82, 2.24) is 4.90 Å². The van der Waals surface area contributed by atoms with Crippen LogP contribution in [0.5, 0.6) is 5.75 Å². The molecule has 0 aliphatic heterocycles. The smallest absolute Gasteiger partial charge is 0.416 e. The molecule has 2 N–H and O–H groups in total. The van der Waals surface area contributed by atoms with Gasteiger partial charge in [-0.25, -0.2) is 0 Å². The first kappa shape index (κ1) is 16.3. The van der Waals surface area contributed by atoms with Crippen molar-refractivity contribution in [2.24, 2.45) is 5.73 Å². The van der Waals surface area contributed by atoms with Crippen LogP contribution in [0.25, 0.3) is 0 Å². The number of benzene rings is 1. The van der Waals surface area contributed by atoms with E-state index in [1.165, 1.54) is 17.0 Å². The second kappa shape index (κ2) is 7.14. The molecule has 20 heavy (non-hydrogen) atoms. The van der Waals surface area contributed by atoms with Gasteiger partial charge in [0.05, 0.1) is 5.56 Å². The van der Waals surface area contributed by atoms with Gasteiger partial charge in [0.25, 0.3) is 5.91 Å². The largest absolute Gasteiger partial charge is 0.484 e. The fourth-order valence-electron chi connectivity index (χ4n) is 1.45. The first-order valence-corrected chi connectivity index (χ1v) is 6.08. The van der Waals surface area contributed by atoms with Gasteiger partial charge in [0.2, 0.25) is 0 Å². The van der Waals surface area contributed by atoms with Crippen molar-refractivity contribution >= 4 is 5.91 Å². The van der Waals surface area contributed by atoms with Gasteiger partial charge in [-0.05, 0) is 37.2 Å². The Kier molecular flexibility index (Phi) is 5.82. The lowest BCUT2D eigenvalue weighted by Crippen LogP contribution is -2.33. The first-order chi connectivity index (χ1) is 9.34. The predicted octanol–water partition coefficient (Wildman–Crippen LogP) is 1.89. The second-order valence-corrected chi connectivity index (χ2v) is 4.27.